The Balaban J connectivity index is 0.00000324. The number of imidazole rings is 1. The number of pyridine rings is 1. The van der Waals surface area contributed by atoms with Gasteiger partial charge in [-0.3, -0.25) is 0 Å². The maximum atomic E-state index is 5.62. The number of guanidine groups is 1. The average Bonchev–Trinajstić information content (AvgIpc) is 3.31. The number of H-pyrrole nitrogens is 1. The molecule has 3 aromatic rings. The van der Waals surface area contributed by atoms with Crippen LogP contribution in [0.1, 0.15) is 25.2 Å². The molecule has 2 aromatic heterocycles. The largest absolute Gasteiger partial charge is 0.375 e. The van der Waals surface area contributed by atoms with Gasteiger partial charge in [0.1, 0.15) is 11.6 Å². The van der Waals surface area contributed by atoms with Crippen LogP contribution >= 0.6 is 24.0 Å². The molecule has 1 aliphatic rings. The molecule has 9 heteroatoms. The average molecular weight is 575 g/mol. The summed E-state index contributed by atoms with van der Waals surface area (Å²) in [5, 5.41) is 3.37. The van der Waals surface area contributed by atoms with Crippen molar-refractivity contribution >= 4 is 35.8 Å². The van der Waals surface area contributed by atoms with Gasteiger partial charge in [-0.25, -0.2) is 15.0 Å². The minimum absolute atomic E-state index is 0. The van der Waals surface area contributed by atoms with Crippen LogP contribution in [-0.4, -0.2) is 65.2 Å². The summed E-state index contributed by atoms with van der Waals surface area (Å²) in [5.74, 6) is 2.72. The molecule has 1 fully saturated rings. The molecule has 3 heterocycles. The lowest BCUT2D eigenvalue weighted by Gasteiger charge is -2.32. The van der Waals surface area contributed by atoms with E-state index >= 15 is 0 Å². The summed E-state index contributed by atoms with van der Waals surface area (Å²) in [4.78, 5) is 21.8. The number of hydrogen-bond donors (Lipinski definition) is 2. The number of benzene rings is 1. The summed E-state index contributed by atoms with van der Waals surface area (Å²) < 4.78 is 5.62. The lowest BCUT2D eigenvalue weighted by molar-refractivity contribution is 0.0529. The minimum Gasteiger partial charge on any atom is -0.375 e. The Hall–Kier alpha value is -2.66. The van der Waals surface area contributed by atoms with Crippen LogP contribution in [0.5, 0.6) is 0 Å². The summed E-state index contributed by atoms with van der Waals surface area (Å²) in [6.07, 6.45) is 4.03. The monoisotopic (exact) mass is 575 g/mol. The third-order valence-corrected chi connectivity index (χ3v) is 5.58. The van der Waals surface area contributed by atoms with Crippen molar-refractivity contribution < 1.29 is 4.74 Å². The van der Waals surface area contributed by atoms with Gasteiger partial charge < -0.3 is 24.8 Å². The highest BCUT2D eigenvalue weighted by Gasteiger charge is 2.17. The molecule has 182 valence electrons. The molecule has 4 rings (SSSR count). The van der Waals surface area contributed by atoms with E-state index in [0.717, 1.165) is 60.7 Å². The zero-order chi connectivity index (χ0) is 23.0. The van der Waals surface area contributed by atoms with Crippen molar-refractivity contribution in [2.45, 2.75) is 33.0 Å². The van der Waals surface area contributed by atoms with Gasteiger partial charge >= 0.3 is 0 Å². The van der Waals surface area contributed by atoms with Gasteiger partial charge in [0.15, 0.2) is 5.96 Å². The van der Waals surface area contributed by atoms with E-state index in [2.05, 4.69) is 68.2 Å². The molecule has 1 unspecified atom stereocenters. The van der Waals surface area contributed by atoms with Gasteiger partial charge in [0.2, 0.25) is 0 Å². The summed E-state index contributed by atoms with van der Waals surface area (Å²) in [7, 11) is 2.02. The molecular weight excluding hydrogens is 541 g/mol. The first-order valence-electron chi connectivity index (χ1n) is 11.5. The Labute approximate surface area is 218 Å². The second kappa shape index (κ2) is 12.7. The van der Waals surface area contributed by atoms with Crippen LogP contribution in [-0.2, 0) is 17.8 Å². The van der Waals surface area contributed by atoms with Gasteiger partial charge in [0, 0.05) is 32.9 Å². The van der Waals surface area contributed by atoms with Crippen molar-refractivity contribution in [2.24, 2.45) is 4.99 Å². The number of nitrogens with zero attached hydrogens (tertiary/aromatic N) is 5. The molecule has 1 aliphatic heterocycles. The van der Waals surface area contributed by atoms with Crippen LogP contribution in [0, 0.1) is 0 Å². The first-order valence-corrected chi connectivity index (χ1v) is 11.5. The molecule has 34 heavy (non-hydrogen) atoms. The van der Waals surface area contributed by atoms with E-state index in [4.69, 9.17) is 9.73 Å². The smallest absolute Gasteiger partial charge is 0.194 e. The maximum absolute atomic E-state index is 5.62. The molecule has 1 saturated heterocycles. The highest BCUT2D eigenvalue weighted by atomic mass is 127. The molecule has 8 nitrogen and oxygen atoms in total. The van der Waals surface area contributed by atoms with Crippen LogP contribution in [0.2, 0.25) is 0 Å². The zero-order valence-corrected chi connectivity index (χ0v) is 22.4. The van der Waals surface area contributed by atoms with Gasteiger partial charge in [-0.15, -0.1) is 24.0 Å². The van der Waals surface area contributed by atoms with Crippen molar-refractivity contribution in [1.82, 2.24) is 25.2 Å². The van der Waals surface area contributed by atoms with Crippen LogP contribution in [0.3, 0.4) is 0 Å². The molecule has 0 bridgehead atoms. The minimum atomic E-state index is 0. The van der Waals surface area contributed by atoms with Gasteiger partial charge in [0.05, 0.1) is 37.7 Å². The van der Waals surface area contributed by atoms with Gasteiger partial charge in [-0.2, -0.15) is 0 Å². The third kappa shape index (κ3) is 6.92. The molecule has 0 saturated carbocycles. The number of aromatic amines is 1. The summed E-state index contributed by atoms with van der Waals surface area (Å²) in [5.41, 5.74) is 3.22. The van der Waals surface area contributed by atoms with Gasteiger partial charge in [0.25, 0.3) is 0 Å². The van der Waals surface area contributed by atoms with Crippen LogP contribution in [0.4, 0.5) is 5.82 Å². The van der Waals surface area contributed by atoms with Crippen molar-refractivity contribution in [3.05, 3.63) is 66.2 Å². The molecule has 1 aromatic carbocycles. The normalized spacial score (nSPS) is 16.1. The summed E-state index contributed by atoms with van der Waals surface area (Å²) in [6, 6.07) is 14.4. The maximum Gasteiger partial charge on any atom is 0.194 e. The number of aromatic nitrogens is 3. The Morgan fingerprint density at radius 3 is 2.74 bits per heavy atom. The van der Waals surface area contributed by atoms with E-state index < -0.39 is 0 Å². The van der Waals surface area contributed by atoms with Crippen molar-refractivity contribution in [3.8, 4) is 11.3 Å². The predicted octanol–water partition coefficient (Wildman–Crippen LogP) is 3.91. The van der Waals surface area contributed by atoms with Gasteiger partial charge in [-0.1, -0.05) is 36.4 Å². The lowest BCUT2D eigenvalue weighted by Crippen LogP contribution is -2.41. The predicted molar refractivity (Wildman–Crippen MR) is 148 cm³/mol. The molecule has 0 amide bonds. The van der Waals surface area contributed by atoms with E-state index in [1.807, 2.05) is 37.6 Å². The molecule has 0 spiro atoms. The topological polar surface area (TPSA) is 81.7 Å². The first-order chi connectivity index (χ1) is 16.1. The molecular formula is C25H34IN7O. The van der Waals surface area contributed by atoms with E-state index in [1.165, 1.54) is 0 Å². The van der Waals surface area contributed by atoms with E-state index in [1.54, 1.807) is 0 Å². The SMILES string of the molecule is CCNC(=NCc1ccc(N2CCOC(C)C2)nc1)N(C)Cc1ncc(-c2ccccc2)[nH]1.I. The van der Waals surface area contributed by atoms with Crippen molar-refractivity contribution in [2.75, 3.05) is 38.2 Å². The van der Waals surface area contributed by atoms with Crippen LogP contribution < -0.4 is 10.2 Å². The molecule has 0 aliphatic carbocycles. The van der Waals surface area contributed by atoms with Crippen LogP contribution in [0.25, 0.3) is 11.3 Å². The molecule has 1 atom stereocenters. The second-order valence-corrected chi connectivity index (χ2v) is 8.29. The number of aliphatic imine (C=N–C) groups is 1. The standard InChI is InChI=1S/C25H33N7O.HI/c1-4-26-25(31(3)18-23-27-16-22(30-23)21-8-6-5-7-9-21)29-15-20-10-11-24(28-14-20)32-12-13-33-19(2)17-32;/h5-11,14,16,19H,4,12-13,15,17-18H2,1-3H3,(H,26,29)(H,27,30);1H. The number of rotatable bonds is 7. The Morgan fingerprint density at radius 2 is 2.03 bits per heavy atom. The number of halogens is 1. The number of ether oxygens (including phenoxy) is 1. The quantitative estimate of drug-likeness (QED) is 0.253. The van der Waals surface area contributed by atoms with Gasteiger partial charge in [-0.05, 0) is 31.0 Å². The fraction of sp³-hybridized carbons (Fsp3) is 0.400. The van der Waals surface area contributed by atoms with E-state index in [-0.39, 0.29) is 30.1 Å². The number of nitrogens with one attached hydrogen (secondary N) is 2. The highest BCUT2D eigenvalue weighted by Crippen LogP contribution is 2.17. The number of anilines is 1. The Kier molecular flexibility index (Phi) is 9.70. The molecule has 0 radical (unpaired) electrons. The summed E-state index contributed by atoms with van der Waals surface area (Å²) >= 11 is 0. The lowest BCUT2D eigenvalue weighted by atomic mass is 10.2. The third-order valence-electron chi connectivity index (χ3n) is 5.58. The first kappa shape index (κ1) is 26.0. The number of hydrogen-bond acceptors (Lipinski definition) is 5. The zero-order valence-electron chi connectivity index (χ0n) is 20.1. The Bertz CT molecular complexity index is 1040. The highest BCUT2D eigenvalue weighted by molar-refractivity contribution is 14.0. The van der Waals surface area contributed by atoms with Crippen molar-refractivity contribution in [3.63, 3.8) is 0 Å². The van der Waals surface area contributed by atoms with Crippen LogP contribution in [0.15, 0.2) is 59.9 Å². The van der Waals surface area contributed by atoms with E-state index in [0.29, 0.717) is 13.1 Å². The Morgan fingerprint density at radius 1 is 1.21 bits per heavy atom. The fourth-order valence-electron chi connectivity index (χ4n) is 3.87. The van der Waals surface area contributed by atoms with E-state index in [9.17, 15) is 0 Å². The summed E-state index contributed by atoms with van der Waals surface area (Å²) in [6.45, 7) is 8.65. The van der Waals surface area contributed by atoms with Crippen molar-refractivity contribution in [1.29, 1.82) is 0 Å². The molecule has 2 N–H and O–H groups in total. The number of morpholine rings is 1. The fourth-order valence-corrected chi connectivity index (χ4v) is 3.87. The second-order valence-electron chi connectivity index (χ2n) is 8.29.